The molecule has 0 bridgehead atoms. The van der Waals surface area contributed by atoms with E-state index in [1.807, 2.05) is 6.92 Å². The van der Waals surface area contributed by atoms with Gasteiger partial charge in [-0.25, -0.2) is 0 Å². The summed E-state index contributed by atoms with van der Waals surface area (Å²) < 4.78 is 0. The number of thiol groups is 1. The maximum absolute atomic E-state index is 11.7. The average Bonchev–Trinajstić information content (AvgIpc) is 2.50. The predicted octanol–water partition coefficient (Wildman–Crippen LogP) is 2.08. The van der Waals surface area contributed by atoms with Crippen LogP contribution in [0.2, 0.25) is 5.02 Å². The molecule has 0 saturated carbocycles. The summed E-state index contributed by atoms with van der Waals surface area (Å²) in [5.41, 5.74) is 1.61. The molecule has 0 N–H and O–H groups in total. The molecule has 0 radical (unpaired) electrons. The van der Waals surface area contributed by atoms with Crippen LogP contribution in [0.4, 0.5) is 5.69 Å². The van der Waals surface area contributed by atoms with E-state index in [0.29, 0.717) is 18.0 Å². The Morgan fingerprint density at radius 1 is 1.67 bits per heavy atom. The third-order valence-electron chi connectivity index (χ3n) is 2.42. The summed E-state index contributed by atoms with van der Waals surface area (Å²) in [5.74, 6) is 0.0853. The highest BCUT2D eigenvalue weighted by Gasteiger charge is 2.29. The highest BCUT2D eigenvalue weighted by molar-refractivity contribution is 7.81. The van der Waals surface area contributed by atoms with Gasteiger partial charge in [0.05, 0.1) is 16.4 Å². The van der Waals surface area contributed by atoms with E-state index in [4.69, 9.17) is 11.6 Å². The molecule has 0 aromatic carbocycles. The number of hydrogen-bond donors (Lipinski definition) is 1. The lowest BCUT2D eigenvalue weighted by Crippen LogP contribution is -2.25. The minimum atomic E-state index is 0.0853. The van der Waals surface area contributed by atoms with E-state index in [0.717, 1.165) is 11.4 Å². The molecule has 1 aliphatic rings. The van der Waals surface area contributed by atoms with Crippen LogP contribution >= 0.6 is 24.2 Å². The molecule has 0 spiro atoms. The zero-order chi connectivity index (χ0) is 11.0. The van der Waals surface area contributed by atoms with Gasteiger partial charge < -0.3 is 4.90 Å². The molecular formula is C10H11ClN2OS. The predicted molar refractivity (Wildman–Crippen MR) is 63.7 cm³/mol. The minimum absolute atomic E-state index is 0.0853. The first-order valence-corrected chi connectivity index (χ1v) is 5.58. The van der Waals surface area contributed by atoms with Crippen LogP contribution in [0.25, 0.3) is 0 Å². The molecule has 1 aliphatic heterocycles. The van der Waals surface area contributed by atoms with Gasteiger partial charge in [-0.05, 0) is 13.0 Å². The van der Waals surface area contributed by atoms with Crippen molar-refractivity contribution in [1.29, 1.82) is 0 Å². The van der Waals surface area contributed by atoms with Crippen LogP contribution < -0.4 is 4.90 Å². The van der Waals surface area contributed by atoms with Crippen LogP contribution in [-0.2, 0) is 4.79 Å². The fourth-order valence-electron chi connectivity index (χ4n) is 1.69. The molecule has 1 atom stereocenters. The monoisotopic (exact) mass is 242 g/mol. The van der Waals surface area contributed by atoms with Gasteiger partial charge in [0.25, 0.3) is 0 Å². The summed E-state index contributed by atoms with van der Waals surface area (Å²) in [4.78, 5) is 17.5. The Kier molecular flexibility index (Phi) is 2.89. The number of pyridine rings is 1. The number of nitrogens with zero attached hydrogens (tertiary/aromatic N) is 2. The summed E-state index contributed by atoms with van der Waals surface area (Å²) in [5, 5.41) is 0.655. The van der Waals surface area contributed by atoms with Crippen LogP contribution in [0.5, 0.6) is 0 Å². The molecule has 2 heterocycles. The number of carbonyl (C=O) groups is 1. The summed E-state index contributed by atoms with van der Waals surface area (Å²) >= 11 is 10.2. The number of aromatic nitrogens is 1. The summed E-state index contributed by atoms with van der Waals surface area (Å²) in [6.07, 6.45) is 2.06. The Bertz CT molecular complexity index is 410. The van der Waals surface area contributed by atoms with Crippen molar-refractivity contribution in [1.82, 2.24) is 4.98 Å². The smallest absolute Gasteiger partial charge is 0.228 e. The Balaban J connectivity index is 2.37. The van der Waals surface area contributed by atoms with Crippen molar-refractivity contribution >= 4 is 35.8 Å². The molecule has 1 amide bonds. The zero-order valence-electron chi connectivity index (χ0n) is 8.27. The van der Waals surface area contributed by atoms with Gasteiger partial charge in [-0.2, -0.15) is 12.6 Å². The lowest BCUT2D eigenvalue weighted by molar-refractivity contribution is -0.117. The van der Waals surface area contributed by atoms with Gasteiger partial charge in [-0.1, -0.05) is 11.6 Å². The molecule has 15 heavy (non-hydrogen) atoms. The van der Waals surface area contributed by atoms with Crippen LogP contribution in [0, 0.1) is 6.92 Å². The Morgan fingerprint density at radius 3 is 3.00 bits per heavy atom. The maximum Gasteiger partial charge on any atom is 0.228 e. The summed E-state index contributed by atoms with van der Waals surface area (Å²) in [6.45, 7) is 2.50. The van der Waals surface area contributed by atoms with Gasteiger partial charge in [-0.15, -0.1) is 0 Å². The first kappa shape index (κ1) is 10.8. The van der Waals surface area contributed by atoms with Gasteiger partial charge in [0, 0.05) is 24.4 Å². The molecule has 3 nitrogen and oxygen atoms in total. The summed E-state index contributed by atoms with van der Waals surface area (Å²) in [6, 6.07) is 1.77. The lowest BCUT2D eigenvalue weighted by Gasteiger charge is -2.17. The van der Waals surface area contributed by atoms with Crippen LogP contribution in [0.15, 0.2) is 12.3 Å². The average molecular weight is 243 g/mol. The topological polar surface area (TPSA) is 33.2 Å². The van der Waals surface area contributed by atoms with Crippen LogP contribution in [-0.4, -0.2) is 22.7 Å². The molecule has 1 aromatic rings. The Labute approximate surface area is 98.8 Å². The second-order valence-electron chi connectivity index (χ2n) is 3.62. The standard InChI is InChI=1S/C10H11ClN2OS/c1-6-9(2-7(11)4-12-6)13-5-8(15)3-10(13)14/h2,4,8,15H,3,5H2,1H3. The van der Waals surface area contributed by atoms with E-state index in [-0.39, 0.29) is 11.2 Å². The van der Waals surface area contributed by atoms with E-state index in [1.165, 1.54) is 0 Å². The SMILES string of the molecule is Cc1ncc(Cl)cc1N1CC(S)CC1=O. The number of halogens is 1. The number of rotatable bonds is 1. The van der Waals surface area contributed by atoms with Crippen molar-refractivity contribution in [2.45, 2.75) is 18.6 Å². The van der Waals surface area contributed by atoms with Crippen molar-refractivity contribution < 1.29 is 4.79 Å². The molecule has 5 heteroatoms. The number of amides is 1. The Hall–Kier alpha value is -0.740. The number of carbonyl (C=O) groups excluding carboxylic acids is 1. The fraction of sp³-hybridized carbons (Fsp3) is 0.400. The third-order valence-corrected chi connectivity index (χ3v) is 2.97. The molecule has 80 valence electrons. The zero-order valence-corrected chi connectivity index (χ0v) is 9.92. The highest BCUT2D eigenvalue weighted by atomic mass is 35.5. The largest absolute Gasteiger partial charge is 0.309 e. The van der Waals surface area contributed by atoms with Gasteiger partial charge >= 0.3 is 0 Å². The quantitative estimate of drug-likeness (QED) is 0.765. The first-order chi connectivity index (χ1) is 7.08. The van der Waals surface area contributed by atoms with Gasteiger partial charge in [0.1, 0.15) is 0 Å². The van der Waals surface area contributed by atoms with Crippen molar-refractivity contribution in [3.63, 3.8) is 0 Å². The van der Waals surface area contributed by atoms with Crippen LogP contribution in [0.1, 0.15) is 12.1 Å². The minimum Gasteiger partial charge on any atom is -0.309 e. The van der Waals surface area contributed by atoms with Crippen molar-refractivity contribution in [2.75, 3.05) is 11.4 Å². The maximum atomic E-state index is 11.7. The summed E-state index contributed by atoms with van der Waals surface area (Å²) in [7, 11) is 0. The normalized spacial score (nSPS) is 21.1. The fourth-order valence-corrected chi connectivity index (χ4v) is 2.16. The van der Waals surface area contributed by atoms with Gasteiger partial charge in [0.2, 0.25) is 5.91 Å². The number of aryl methyl sites for hydroxylation is 1. The van der Waals surface area contributed by atoms with Gasteiger partial charge in [0.15, 0.2) is 0 Å². The molecule has 1 saturated heterocycles. The molecular weight excluding hydrogens is 232 g/mol. The van der Waals surface area contributed by atoms with E-state index in [2.05, 4.69) is 17.6 Å². The second-order valence-corrected chi connectivity index (χ2v) is 4.79. The van der Waals surface area contributed by atoms with Crippen LogP contribution in [0.3, 0.4) is 0 Å². The van der Waals surface area contributed by atoms with Gasteiger partial charge in [-0.3, -0.25) is 9.78 Å². The molecule has 2 rings (SSSR count). The first-order valence-electron chi connectivity index (χ1n) is 4.68. The molecule has 1 unspecified atom stereocenters. The Morgan fingerprint density at radius 2 is 2.40 bits per heavy atom. The van der Waals surface area contributed by atoms with E-state index < -0.39 is 0 Å². The second kappa shape index (κ2) is 4.02. The molecule has 0 aliphatic carbocycles. The number of hydrogen-bond acceptors (Lipinski definition) is 3. The van der Waals surface area contributed by atoms with Crippen molar-refractivity contribution in [3.05, 3.63) is 23.0 Å². The van der Waals surface area contributed by atoms with E-state index in [1.54, 1.807) is 17.2 Å². The van der Waals surface area contributed by atoms with E-state index >= 15 is 0 Å². The van der Waals surface area contributed by atoms with E-state index in [9.17, 15) is 4.79 Å². The van der Waals surface area contributed by atoms with Crippen molar-refractivity contribution in [2.24, 2.45) is 0 Å². The van der Waals surface area contributed by atoms with Crippen molar-refractivity contribution in [3.8, 4) is 0 Å². The molecule has 1 aromatic heterocycles. The third kappa shape index (κ3) is 2.11. The number of anilines is 1. The lowest BCUT2D eigenvalue weighted by atomic mass is 10.3. The molecule has 1 fully saturated rings. The highest BCUT2D eigenvalue weighted by Crippen LogP contribution is 2.27.